The molecule has 1 unspecified atom stereocenters. The number of nitrogens with one attached hydrogen (secondary N) is 1. The van der Waals surface area contributed by atoms with Gasteiger partial charge in [0.25, 0.3) is 0 Å². The molecule has 1 atom stereocenters. The normalized spacial score (nSPS) is 12.8. The van der Waals surface area contributed by atoms with Crippen molar-refractivity contribution in [1.82, 2.24) is 5.32 Å². The van der Waals surface area contributed by atoms with Gasteiger partial charge in [0.1, 0.15) is 5.75 Å². The summed E-state index contributed by atoms with van der Waals surface area (Å²) in [7, 11) is 0. The summed E-state index contributed by atoms with van der Waals surface area (Å²) in [5, 5.41) is 3.05. The van der Waals surface area contributed by atoms with Crippen molar-refractivity contribution >= 4 is 0 Å². The zero-order chi connectivity index (χ0) is 13.6. The minimum absolute atomic E-state index is 0.0859. The summed E-state index contributed by atoms with van der Waals surface area (Å²) in [4.78, 5) is 0. The van der Waals surface area contributed by atoms with Crippen molar-refractivity contribution in [2.75, 3.05) is 0 Å². The lowest BCUT2D eigenvalue weighted by Gasteiger charge is -2.12. The van der Waals surface area contributed by atoms with E-state index in [-0.39, 0.29) is 11.8 Å². The van der Waals surface area contributed by atoms with Gasteiger partial charge in [0.15, 0.2) is 0 Å². The first-order valence-corrected chi connectivity index (χ1v) is 5.49. The van der Waals surface area contributed by atoms with E-state index >= 15 is 0 Å². The zero-order valence-corrected chi connectivity index (χ0v) is 9.92. The molecule has 1 rings (SSSR count). The molecule has 0 aromatic heterocycles. The van der Waals surface area contributed by atoms with Crippen LogP contribution in [0, 0.1) is 12.3 Å². The van der Waals surface area contributed by atoms with Crippen molar-refractivity contribution in [3.63, 3.8) is 0 Å². The molecule has 0 spiro atoms. The molecule has 2 nitrogen and oxygen atoms in total. The first-order valence-electron chi connectivity index (χ1n) is 5.49. The van der Waals surface area contributed by atoms with Crippen LogP contribution in [0.15, 0.2) is 24.3 Å². The fraction of sp³-hybridized carbons (Fsp3) is 0.385. The maximum Gasteiger partial charge on any atom is 0.573 e. The van der Waals surface area contributed by atoms with E-state index in [0.29, 0.717) is 12.1 Å². The summed E-state index contributed by atoms with van der Waals surface area (Å²) in [5.41, 5.74) is 0.686. The van der Waals surface area contributed by atoms with E-state index in [4.69, 9.17) is 6.42 Å². The molecule has 98 valence electrons. The number of hydrogen-bond acceptors (Lipinski definition) is 2. The van der Waals surface area contributed by atoms with Crippen molar-refractivity contribution in [2.45, 2.75) is 32.3 Å². The quantitative estimate of drug-likeness (QED) is 0.818. The number of ether oxygens (including phenoxy) is 1. The second kappa shape index (κ2) is 6.31. The Kier molecular flexibility index (Phi) is 5.05. The molecule has 5 heteroatoms. The molecule has 0 fully saturated rings. The number of halogens is 3. The maximum absolute atomic E-state index is 12.0. The molecule has 0 amide bonds. The number of benzene rings is 1. The van der Waals surface area contributed by atoms with Crippen molar-refractivity contribution in [3.8, 4) is 18.1 Å². The minimum Gasteiger partial charge on any atom is -0.406 e. The van der Waals surface area contributed by atoms with E-state index in [1.165, 1.54) is 18.2 Å². The first-order chi connectivity index (χ1) is 8.44. The van der Waals surface area contributed by atoms with E-state index in [0.717, 1.165) is 6.42 Å². The fourth-order valence-electron chi connectivity index (χ4n) is 1.41. The molecule has 0 heterocycles. The van der Waals surface area contributed by atoms with Gasteiger partial charge in [-0.1, -0.05) is 25.0 Å². The SMILES string of the molecule is C#CC(CC)NCc1cccc(OC(F)(F)F)c1. The molecule has 0 aliphatic rings. The van der Waals surface area contributed by atoms with Gasteiger partial charge in [-0.05, 0) is 24.1 Å². The summed E-state index contributed by atoms with van der Waals surface area (Å²) in [5.74, 6) is 2.33. The summed E-state index contributed by atoms with van der Waals surface area (Å²) >= 11 is 0. The number of rotatable bonds is 5. The highest BCUT2D eigenvalue weighted by atomic mass is 19.4. The predicted octanol–water partition coefficient (Wildman–Crippen LogP) is 3.09. The molecular formula is C13H14F3NO. The third-order valence-electron chi connectivity index (χ3n) is 2.29. The van der Waals surface area contributed by atoms with Crippen molar-refractivity contribution in [3.05, 3.63) is 29.8 Å². The summed E-state index contributed by atoms with van der Waals surface area (Å²) in [6, 6.07) is 5.73. The van der Waals surface area contributed by atoms with Gasteiger partial charge in [0.2, 0.25) is 0 Å². The first kappa shape index (κ1) is 14.4. The van der Waals surface area contributed by atoms with Crippen molar-refractivity contribution in [1.29, 1.82) is 0 Å². The fourth-order valence-corrected chi connectivity index (χ4v) is 1.41. The summed E-state index contributed by atoms with van der Waals surface area (Å²) < 4.78 is 39.9. The Balaban J connectivity index is 2.63. The molecule has 0 aliphatic heterocycles. The molecule has 18 heavy (non-hydrogen) atoms. The molecule has 0 saturated carbocycles. The maximum atomic E-state index is 12.0. The van der Waals surface area contributed by atoms with E-state index in [9.17, 15) is 13.2 Å². The number of alkyl halides is 3. The predicted molar refractivity (Wildman–Crippen MR) is 62.9 cm³/mol. The largest absolute Gasteiger partial charge is 0.573 e. The van der Waals surface area contributed by atoms with Crippen LogP contribution in [0.5, 0.6) is 5.75 Å². The average Bonchev–Trinajstić information content (AvgIpc) is 2.28. The van der Waals surface area contributed by atoms with E-state index in [1.54, 1.807) is 6.07 Å². The van der Waals surface area contributed by atoms with Crippen LogP contribution in [0.1, 0.15) is 18.9 Å². The molecule has 1 aromatic carbocycles. The molecule has 0 bridgehead atoms. The second-order valence-electron chi connectivity index (χ2n) is 3.70. The van der Waals surface area contributed by atoms with E-state index in [1.807, 2.05) is 6.92 Å². The zero-order valence-electron chi connectivity index (χ0n) is 9.92. The van der Waals surface area contributed by atoms with Crippen LogP contribution >= 0.6 is 0 Å². The van der Waals surface area contributed by atoms with Gasteiger partial charge < -0.3 is 4.74 Å². The average molecular weight is 257 g/mol. The highest BCUT2D eigenvalue weighted by Crippen LogP contribution is 2.23. The number of hydrogen-bond donors (Lipinski definition) is 1. The molecule has 1 N–H and O–H groups in total. The van der Waals surface area contributed by atoms with E-state index in [2.05, 4.69) is 16.0 Å². The van der Waals surface area contributed by atoms with Crippen LogP contribution in [-0.4, -0.2) is 12.4 Å². The van der Waals surface area contributed by atoms with Crippen LogP contribution in [0.25, 0.3) is 0 Å². The lowest BCUT2D eigenvalue weighted by atomic mass is 10.2. The van der Waals surface area contributed by atoms with Crippen LogP contribution in [0.3, 0.4) is 0 Å². The standard InChI is InChI=1S/C13H14F3NO/c1-3-11(4-2)17-9-10-6-5-7-12(8-10)18-13(14,15)16/h1,5-8,11,17H,4,9H2,2H3. The Morgan fingerprint density at radius 2 is 2.17 bits per heavy atom. The Morgan fingerprint density at radius 3 is 2.72 bits per heavy atom. The van der Waals surface area contributed by atoms with Gasteiger partial charge in [-0.2, -0.15) is 0 Å². The Labute approximate surface area is 104 Å². The third-order valence-corrected chi connectivity index (χ3v) is 2.29. The van der Waals surface area contributed by atoms with Gasteiger partial charge >= 0.3 is 6.36 Å². The van der Waals surface area contributed by atoms with Gasteiger partial charge in [-0.25, -0.2) is 0 Å². The second-order valence-corrected chi connectivity index (χ2v) is 3.70. The Morgan fingerprint density at radius 1 is 1.44 bits per heavy atom. The molecule has 0 radical (unpaired) electrons. The minimum atomic E-state index is -4.67. The highest BCUT2D eigenvalue weighted by Gasteiger charge is 2.31. The summed E-state index contributed by atoms with van der Waals surface area (Å²) in [6.45, 7) is 2.33. The Hall–Kier alpha value is -1.67. The third kappa shape index (κ3) is 5.11. The topological polar surface area (TPSA) is 21.3 Å². The van der Waals surface area contributed by atoms with Gasteiger partial charge in [0, 0.05) is 6.54 Å². The smallest absolute Gasteiger partial charge is 0.406 e. The van der Waals surface area contributed by atoms with Gasteiger partial charge in [0.05, 0.1) is 6.04 Å². The molecular weight excluding hydrogens is 243 g/mol. The van der Waals surface area contributed by atoms with Gasteiger partial charge in [-0.15, -0.1) is 19.6 Å². The van der Waals surface area contributed by atoms with E-state index < -0.39 is 6.36 Å². The Bertz CT molecular complexity index is 423. The van der Waals surface area contributed by atoms with Crippen LogP contribution < -0.4 is 10.1 Å². The lowest BCUT2D eigenvalue weighted by Crippen LogP contribution is -2.26. The number of terminal acetylenes is 1. The highest BCUT2D eigenvalue weighted by molar-refractivity contribution is 5.28. The van der Waals surface area contributed by atoms with Crippen LogP contribution in [-0.2, 0) is 6.54 Å². The van der Waals surface area contributed by atoms with Crippen molar-refractivity contribution < 1.29 is 17.9 Å². The summed E-state index contributed by atoms with van der Waals surface area (Å²) in [6.07, 6.45) is 1.36. The molecule has 1 aromatic rings. The van der Waals surface area contributed by atoms with Crippen LogP contribution in [0.2, 0.25) is 0 Å². The lowest BCUT2D eigenvalue weighted by molar-refractivity contribution is -0.274. The van der Waals surface area contributed by atoms with Gasteiger partial charge in [-0.3, -0.25) is 5.32 Å². The monoisotopic (exact) mass is 257 g/mol. The molecule has 0 saturated heterocycles. The molecule has 0 aliphatic carbocycles. The van der Waals surface area contributed by atoms with Crippen molar-refractivity contribution in [2.24, 2.45) is 0 Å². The van der Waals surface area contributed by atoms with Crippen LogP contribution in [0.4, 0.5) is 13.2 Å².